The van der Waals surface area contributed by atoms with E-state index < -0.39 is 0 Å². The van der Waals surface area contributed by atoms with Gasteiger partial charge >= 0.3 is 5.97 Å². The summed E-state index contributed by atoms with van der Waals surface area (Å²) in [4.78, 5) is 13.0. The van der Waals surface area contributed by atoms with Crippen LogP contribution in [0.2, 0.25) is 0 Å². The van der Waals surface area contributed by atoms with E-state index in [2.05, 4.69) is 29.6 Å². The number of ether oxygens (including phenoxy) is 1. The number of hydrogen-bond acceptors (Lipinski definition) is 3. The molecule has 0 radical (unpaired) electrons. The molecule has 2 aliphatic carbocycles. The van der Waals surface area contributed by atoms with Gasteiger partial charge in [-0.3, -0.25) is 4.79 Å². The lowest BCUT2D eigenvalue weighted by molar-refractivity contribution is -0.196. The highest BCUT2D eigenvalue weighted by Gasteiger charge is 2.56. The summed E-state index contributed by atoms with van der Waals surface area (Å²) >= 11 is 0. The predicted octanol–water partition coefficient (Wildman–Crippen LogP) is 5.95. The summed E-state index contributed by atoms with van der Waals surface area (Å²) in [6.07, 6.45) is 14.9. The number of hydrogen-bond donors (Lipinski definition) is 1. The first-order valence-corrected chi connectivity index (χ1v) is 11.3. The SMILES string of the molecule is O=C1O[C@H]2CCCC[C@@H]2C2(CCCCC2)[C@@H]1CCCCNc1ccccc1. The number of unbranched alkanes of at least 4 members (excludes halogenated alkanes) is 1. The van der Waals surface area contributed by atoms with Crippen molar-refractivity contribution in [2.45, 2.75) is 83.2 Å². The van der Waals surface area contributed by atoms with Gasteiger partial charge in [0.15, 0.2) is 0 Å². The van der Waals surface area contributed by atoms with Crippen molar-refractivity contribution in [3.05, 3.63) is 30.3 Å². The van der Waals surface area contributed by atoms with Gasteiger partial charge in [0.05, 0.1) is 5.92 Å². The van der Waals surface area contributed by atoms with Crippen molar-refractivity contribution >= 4 is 11.7 Å². The average molecular weight is 370 g/mol. The van der Waals surface area contributed by atoms with E-state index in [0.717, 1.165) is 32.2 Å². The number of anilines is 1. The minimum Gasteiger partial charge on any atom is -0.462 e. The number of para-hydroxylation sites is 1. The number of esters is 1. The molecule has 4 rings (SSSR count). The monoisotopic (exact) mass is 369 g/mol. The van der Waals surface area contributed by atoms with E-state index in [4.69, 9.17) is 4.74 Å². The fourth-order valence-corrected chi connectivity index (χ4v) is 6.22. The van der Waals surface area contributed by atoms with E-state index in [1.54, 1.807) is 0 Å². The second-order valence-corrected chi connectivity index (χ2v) is 9.00. The van der Waals surface area contributed by atoms with Gasteiger partial charge in [0.25, 0.3) is 0 Å². The van der Waals surface area contributed by atoms with Crippen molar-refractivity contribution < 1.29 is 9.53 Å². The molecule has 1 aliphatic heterocycles. The quantitative estimate of drug-likeness (QED) is 0.497. The van der Waals surface area contributed by atoms with Gasteiger partial charge in [0, 0.05) is 18.2 Å². The highest BCUT2D eigenvalue weighted by molar-refractivity contribution is 5.75. The lowest BCUT2D eigenvalue weighted by atomic mass is 9.53. The number of benzene rings is 1. The van der Waals surface area contributed by atoms with E-state index in [1.165, 1.54) is 57.1 Å². The minimum atomic E-state index is 0.135. The van der Waals surface area contributed by atoms with Gasteiger partial charge in [-0.25, -0.2) is 0 Å². The molecule has 3 nitrogen and oxygen atoms in total. The second kappa shape index (κ2) is 8.67. The molecule has 1 N–H and O–H groups in total. The predicted molar refractivity (Wildman–Crippen MR) is 110 cm³/mol. The van der Waals surface area contributed by atoms with Crippen molar-refractivity contribution in [3.63, 3.8) is 0 Å². The first-order chi connectivity index (χ1) is 13.3. The van der Waals surface area contributed by atoms with Gasteiger partial charge in [-0.05, 0) is 62.5 Å². The third-order valence-electron chi connectivity index (χ3n) is 7.49. The number of fused-ring (bicyclic) bond motifs is 2. The molecular formula is C24H35NO2. The van der Waals surface area contributed by atoms with Crippen LogP contribution in [-0.4, -0.2) is 18.6 Å². The fourth-order valence-electron chi connectivity index (χ4n) is 6.22. The molecule has 1 aromatic rings. The van der Waals surface area contributed by atoms with Crippen LogP contribution >= 0.6 is 0 Å². The number of rotatable bonds is 6. The van der Waals surface area contributed by atoms with Crippen molar-refractivity contribution in [1.29, 1.82) is 0 Å². The van der Waals surface area contributed by atoms with Gasteiger partial charge < -0.3 is 10.1 Å². The zero-order valence-electron chi connectivity index (χ0n) is 16.6. The van der Waals surface area contributed by atoms with Crippen molar-refractivity contribution in [1.82, 2.24) is 0 Å². The number of nitrogens with one attached hydrogen (secondary N) is 1. The lowest BCUT2D eigenvalue weighted by Crippen LogP contribution is -2.55. The zero-order chi connectivity index (χ0) is 18.5. The van der Waals surface area contributed by atoms with E-state index in [0.29, 0.717) is 5.92 Å². The molecule has 2 saturated carbocycles. The minimum absolute atomic E-state index is 0.135. The maximum Gasteiger partial charge on any atom is 0.309 e. The lowest BCUT2D eigenvalue weighted by Gasteiger charge is -2.55. The summed E-state index contributed by atoms with van der Waals surface area (Å²) in [5, 5.41) is 3.49. The topological polar surface area (TPSA) is 38.3 Å². The van der Waals surface area contributed by atoms with Crippen LogP contribution in [0.15, 0.2) is 30.3 Å². The van der Waals surface area contributed by atoms with E-state index in [1.807, 2.05) is 6.07 Å². The van der Waals surface area contributed by atoms with Gasteiger partial charge in [-0.1, -0.05) is 50.3 Å². The summed E-state index contributed by atoms with van der Waals surface area (Å²) in [7, 11) is 0. The van der Waals surface area contributed by atoms with Crippen LogP contribution in [0, 0.1) is 17.3 Å². The molecule has 0 bridgehead atoms. The maximum absolute atomic E-state index is 13.0. The van der Waals surface area contributed by atoms with Crippen LogP contribution in [0.4, 0.5) is 5.69 Å². The molecule has 27 heavy (non-hydrogen) atoms. The molecule has 3 atom stereocenters. The van der Waals surface area contributed by atoms with Crippen LogP contribution in [0.1, 0.15) is 77.0 Å². The number of carbonyl (C=O) groups excluding carboxylic acids is 1. The Labute approximate surface area is 164 Å². The van der Waals surface area contributed by atoms with Crippen LogP contribution in [0.25, 0.3) is 0 Å². The van der Waals surface area contributed by atoms with Crippen LogP contribution in [0.3, 0.4) is 0 Å². The van der Waals surface area contributed by atoms with Gasteiger partial charge in [0.2, 0.25) is 0 Å². The first kappa shape index (κ1) is 18.8. The van der Waals surface area contributed by atoms with Gasteiger partial charge in [-0.2, -0.15) is 0 Å². The Morgan fingerprint density at radius 2 is 1.74 bits per heavy atom. The zero-order valence-corrected chi connectivity index (χ0v) is 16.6. The molecule has 148 valence electrons. The Hall–Kier alpha value is -1.51. The highest BCUT2D eigenvalue weighted by atomic mass is 16.5. The smallest absolute Gasteiger partial charge is 0.309 e. The molecule has 1 spiro atoms. The molecule has 1 aromatic carbocycles. The second-order valence-electron chi connectivity index (χ2n) is 9.00. The summed E-state index contributed by atoms with van der Waals surface area (Å²) in [6.45, 7) is 0.977. The Kier molecular flexibility index (Phi) is 6.04. The number of carbonyl (C=O) groups is 1. The largest absolute Gasteiger partial charge is 0.462 e. The first-order valence-electron chi connectivity index (χ1n) is 11.3. The Morgan fingerprint density at radius 3 is 2.56 bits per heavy atom. The molecule has 1 saturated heterocycles. The normalized spacial score (nSPS) is 29.8. The maximum atomic E-state index is 13.0. The molecular weight excluding hydrogens is 334 g/mol. The third kappa shape index (κ3) is 4.02. The van der Waals surface area contributed by atoms with Crippen molar-refractivity contribution in [2.24, 2.45) is 17.3 Å². The molecule has 0 unspecified atom stereocenters. The highest BCUT2D eigenvalue weighted by Crippen LogP contribution is 2.57. The third-order valence-corrected chi connectivity index (χ3v) is 7.49. The van der Waals surface area contributed by atoms with Gasteiger partial charge in [-0.15, -0.1) is 0 Å². The fraction of sp³-hybridized carbons (Fsp3) is 0.708. The summed E-state index contributed by atoms with van der Waals surface area (Å²) in [6, 6.07) is 10.4. The summed E-state index contributed by atoms with van der Waals surface area (Å²) in [5.74, 6) is 0.918. The molecule has 1 heterocycles. The Balaban J connectivity index is 1.36. The molecule has 3 heteroatoms. The van der Waals surface area contributed by atoms with Gasteiger partial charge in [0.1, 0.15) is 6.10 Å². The summed E-state index contributed by atoms with van der Waals surface area (Å²) in [5.41, 5.74) is 1.44. The van der Waals surface area contributed by atoms with Crippen LogP contribution in [-0.2, 0) is 9.53 Å². The van der Waals surface area contributed by atoms with Crippen LogP contribution < -0.4 is 5.32 Å². The average Bonchev–Trinajstić information content (AvgIpc) is 2.71. The van der Waals surface area contributed by atoms with Crippen molar-refractivity contribution in [2.75, 3.05) is 11.9 Å². The Morgan fingerprint density at radius 1 is 0.963 bits per heavy atom. The summed E-state index contributed by atoms with van der Waals surface area (Å²) < 4.78 is 6.00. The van der Waals surface area contributed by atoms with E-state index >= 15 is 0 Å². The Bertz CT molecular complexity index is 608. The molecule has 3 fully saturated rings. The standard InChI is InChI=1S/C24H35NO2/c26-23-21(14-7-10-18-25-19-11-3-1-4-12-19)24(16-8-2-9-17-24)20-13-5-6-15-22(20)27-23/h1,3-4,11-12,20-22,25H,2,5-10,13-18H2/t20-,21+,22-/m0/s1. The molecule has 0 amide bonds. The van der Waals surface area contributed by atoms with E-state index in [9.17, 15) is 4.79 Å². The van der Waals surface area contributed by atoms with Crippen LogP contribution in [0.5, 0.6) is 0 Å². The van der Waals surface area contributed by atoms with Crippen molar-refractivity contribution in [3.8, 4) is 0 Å². The molecule has 0 aromatic heterocycles. The van der Waals surface area contributed by atoms with E-state index in [-0.39, 0.29) is 23.4 Å². The molecule has 3 aliphatic rings.